The van der Waals surface area contributed by atoms with Crippen LogP contribution in [0.3, 0.4) is 0 Å². The maximum atomic E-state index is 5.54. The molecule has 84 valence electrons. The van der Waals surface area contributed by atoms with Crippen LogP contribution in [0.1, 0.15) is 31.6 Å². The van der Waals surface area contributed by atoms with Crippen molar-refractivity contribution in [2.45, 2.75) is 32.2 Å². The van der Waals surface area contributed by atoms with Crippen LogP contribution in [0, 0.1) is 0 Å². The molecule has 2 aromatic heterocycles. The molecule has 16 heavy (non-hydrogen) atoms. The van der Waals surface area contributed by atoms with Crippen LogP contribution in [0.25, 0.3) is 11.6 Å². The van der Waals surface area contributed by atoms with Crippen molar-refractivity contribution < 1.29 is 4.42 Å². The molecule has 0 radical (unpaired) electrons. The Hall–Kier alpha value is -1.10. The Kier molecular flexibility index (Phi) is 2.35. The lowest BCUT2D eigenvalue weighted by Gasteiger charge is -2.21. The molecule has 0 spiro atoms. The van der Waals surface area contributed by atoms with Gasteiger partial charge in [-0.15, -0.1) is 10.2 Å². The summed E-state index contributed by atoms with van der Waals surface area (Å²) in [6.07, 6.45) is 3.39. The van der Waals surface area contributed by atoms with Crippen molar-refractivity contribution in [1.82, 2.24) is 14.8 Å². The van der Waals surface area contributed by atoms with Crippen molar-refractivity contribution in [3.63, 3.8) is 0 Å². The van der Waals surface area contributed by atoms with Gasteiger partial charge in [-0.3, -0.25) is 0 Å². The second-order valence-electron chi connectivity index (χ2n) is 4.15. The number of rotatable bonds is 1. The minimum Gasteiger partial charge on any atom is -0.446 e. The number of furan rings is 1. The van der Waals surface area contributed by atoms with Crippen molar-refractivity contribution in [3.8, 4) is 11.6 Å². The molecule has 0 saturated carbocycles. The molecule has 0 fully saturated rings. The number of fused-ring (bicyclic) bond motifs is 1. The summed E-state index contributed by atoms with van der Waals surface area (Å²) < 4.78 is 8.45. The first kappa shape index (κ1) is 10.1. The summed E-state index contributed by atoms with van der Waals surface area (Å²) in [5, 5.41) is 8.46. The van der Waals surface area contributed by atoms with Crippen LogP contribution in [0.15, 0.2) is 21.2 Å². The van der Waals surface area contributed by atoms with Gasteiger partial charge in [-0.1, -0.05) is 0 Å². The first-order valence-corrected chi connectivity index (χ1v) is 6.24. The molecule has 0 N–H and O–H groups in total. The summed E-state index contributed by atoms with van der Waals surface area (Å²) in [5.74, 6) is 2.69. The van der Waals surface area contributed by atoms with Gasteiger partial charge in [0.2, 0.25) is 0 Å². The number of aryl methyl sites for hydroxylation is 1. The lowest BCUT2D eigenvalue weighted by Crippen LogP contribution is -2.16. The van der Waals surface area contributed by atoms with Crippen molar-refractivity contribution in [2.24, 2.45) is 0 Å². The molecule has 3 rings (SSSR count). The topological polar surface area (TPSA) is 43.9 Å². The highest BCUT2D eigenvalue weighted by atomic mass is 79.9. The van der Waals surface area contributed by atoms with E-state index in [1.165, 1.54) is 12.8 Å². The first-order chi connectivity index (χ1) is 7.75. The molecule has 0 saturated heterocycles. The number of halogens is 1. The Morgan fingerprint density at radius 3 is 3.06 bits per heavy atom. The molecule has 0 aromatic carbocycles. The van der Waals surface area contributed by atoms with Crippen LogP contribution < -0.4 is 0 Å². The fourth-order valence-corrected chi connectivity index (χ4v) is 2.55. The summed E-state index contributed by atoms with van der Waals surface area (Å²) >= 11 is 3.30. The van der Waals surface area contributed by atoms with E-state index in [0.29, 0.717) is 6.04 Å². The van der Waals surface area contributed by atoms with Crippen LogP contribution >= 0.6 is 15.9 Å². The molecule has 0 aliphatic carbocycles. The number of nitrogens with zero attached hydrogens (tertiary/aromatic N) is 3. The Morgan fingerprint density at radius 2 is 2.31 bits per heavy atom. The van der Waals surface area contributed by atoms with E-state index in [-0.39, 0.29) is 0 Å². The predicted molar refractivity (Wildman–Crippen MR) is 63.1 cm³/mol. The molecule has 5 heteroatoms. The summed E-state index contributed by atoms with van der Waals surface area (Å²) in [7, 11) is 0. The fourth-order valence-electron chi connectivity index (χ4n) is 2.24. The van der Waals surface area contributed by atoms with Gasteiger partial charge in [-0.05, 0) is 47.8 Å². The molecule has 3 heterocycles. The first-order valence-electron chi connectivity index (χ1n) is 5.45. The Morgan fingerprint density at radius 1 is 1.44 bits per heavy atom. The highest BCUT2D eigenvalue weighted by Gasteiger charge is 2.23. The van der Waals surface area contributed by atoms with Gasteiger partial charge < -0.3 is 8.98 Å². The minimum absolute atomic E-state index is 0.456. The summed E-state index contributed by atoms with van der Waals surface area (Å²) in [4.78, 5) is 0. The van der Waals surface area contributed by atoms with Crippen LogP contribution in [0.2, 0.25) is 0 Å². The van der Waals surface area contributed by atoms with E-state index < -0.39 is 0 Å². The van der Waals surface area contributed by atoms with Crippen LogP contribution in [-0.2, 0) is 6.42 Å². The molecule has 0 amide bonds. The molecule has 1 aliphatic rings. The molecule has 2 aromatic rings. The van der Waals surface area contributed by atoms with Gasteiger partial charge in [0, 0.05) is 12.5 Å². The normalized spacial score (nSPS) is 19.8. The SMILES string of the molecule is CC1CCCc2nnc(-c3ccc(Br)o3)n21. The minimum atomic E-state index is 0.456. The van der Waals surface area contributed by atoms with E-state index in [2.05, 4.69) is 37.6 Å². The highest BCUT2D eigenvalue weighted by Crippen LogP contribution is 2.31. The molecular formula is C11H12BrN3O. The van der Waals surface area contributed by atoms with Gasteiger partial charge in [0.05, 0.1) is 0 Å². The van der Waals surface area contributed by atoms with Crippen molar-refractivity contribution in [1.29, 1.82) is 0 Å². The van der Waals surface area contributed by atoms with Gasteiger partial charge >= 0.3 is 0 Å². The Bertz CT molecular complexity index is 517. The smallest absolute Gasteiger partial charge is 0.200 e. The van der Waals surface area contributed by atoms with Crippen molar-refractivity contribution >= 4 is 15.9 Å². The van der Waals surface area contributed by atoms with Crippen LogP contribution in [0.4, 0.5) is 0 Å². The van der Waals surface area contributed by atoms with Gasteiger partial charge in [0.15, 0.2) is 16.3 Å². The lowest BCUT2D eigenvalue weighted by molar-refractivity contribution is 0.424. The third kappa shape index (κ3) is 1.50. The summed E-state index contributed by atoms with van der Waals surface area (Å²) in [5.41, 5.74) is 0. The maximum absolute atomic E-state index is 5.54. The van der Waals surface area contributed by atoms with Gasteiger partial charge in [-0.2, -0.15) is 0 Å². The van der Waals surface area contributed by atoms with E-state index >= 15 is 0 Å². The summed E-state index contributed by atoms with van der Waals surface area (Å²) in [6, 6.07) is 4.25. The third-order valence-electron chi connectivity index (χ3n) is 3.02. The van der Waals surface area contributed by atoms with Gasteiger partial charge in [0.25, 0.3) is 0 Å². The monoisotopic (exact) mass is 281 g/mol. The highest BCUT2D eigenvalue weighted by molar-refractivity contribution is 9.10. The Labute approximate surface area is 102 Å². The molecule has 1 unspecified atom stereocenters. The number of hydrogen-bond acceptors (Lipinski definition) is 3. The second kappa shape index (κ2) is 3.73. The number of aromatic nitrogens is 3. The number of hydrogen-bond donors (Lipinski definition) is 0. The summed E-state index contributed by atoms with van der Waals surface area (Å²) in [6.45, 7) is 2.20. The lowest BCUT2D eigenvalue weighted by atomic mass is 10.1. The molecule has 0 bridgehead atoms. The van der Waals surface area contributed by atoms with E-state index in [1.54, 1.807) is 0 Å². The Balaban J connectivity index is 2.12. The molecule has 4 nitrogen and oxygen atoms in total. The van der Waals surface area contributed by atoms with E-state index in [4.69, 9.17) is 4.42 Å². The average molecular weight is 282 g/mol. The molecule has 1 atom stereocenters. The zero-order valence-electron chi connectivity index (χ0n) is 8.98. The fraction of sp³-hybridized carbons (Fsp3) is 0.455. The average Bonchev–Trinajstić information content (AvgIpc) is 2.84. The zero-order chi connectivity index (χ0) is 11.1. The molecule has 1 aliphatic heterocycles. The van der Waals surface area contributed by atoms with Crippen LogP contribution in [0.5, 0.6) is 0 Å². The van der Waals surface area contributed by atoms with E-state index in [1.807, 2.05) is 12.1 Å². The largest absolute Gasteiger partial charge is 0.446 e. The van der Waals surface area contributed by atoms with Crippen molar-refractivity contribution in [3.05, 3.63) is 22.6 Å². The molecular weight excluding hydrogens is 270 g/mol. The second-order valence-corrected chi connectivity index (χ2v) is 4.94. The van der Waals surface area contributed by atoms with E-state index in [9.17, 15) is 0 Å². The standard InChI is InChI=1S/C11H12BrN3O/c1-7-3-2-4-10-13-14-11(15(7)10)8-5-6-9(12)16-8/h5-7H,2-4H2,1H3. The van der Waals surface area contributed by atoms with Gasteiger partial charge in [0.1, 0.15) is 5.82 Å². The van der Waals surface area contributed by atoms with Crippen molar-refractivity contribution in [2.75, 3.05) is 0 Å². The predicted octanol–water partition coefficient (Wildman–Crippen LogP) is 3.20. The zero-order valence-corrected chi connectivity index (χ0v) is 10.6. The van der Waals surface area contributed by atoms with Crippen LogP contribution in [-0.4, -0.2) is 14.8 Å². The maximum Gasteiger partial charge on any atom is 0.200 e. The van der Waals surface area contributed by atoms with Gasteiger partial charge in [-0.25, -0.2) is 0 Å². The quantitative estimate of drug-likeness (QED) is 0.806. The van der Waals surface area contributed by atoms with E-state index in [0.717, 1.165) is 28.5 Å². The third-order valence-corrected chi connectivity index (χ3v) is 3.45.